The van der Waals surface area contributed by atoms with Crippen LogP contribution in [0.15, 0.2) is 41.5 Å². The normalized spacial score (nSPS) is 9.48. The second-order valence-electron chi connectivity index (χ2n) is 4.57. The molecule has 2 N–H and O–H groups in total. The van der Waals surface area contributed by atoms with Crippen LogP contribution in [-0.2, 0) is 0 Å². The van der Waals surface area contributed by atoms with Gasteiger partial charge in [0.2, 0.25) is 5.71 Å². The van der Waals surface area contributed by atoms with Gasteiger partial charge in [0, 0.05) is 5.69 Å². The molecular weight excluding hydrogens is 352 g/mol. The van der Waals surface area contributed by atoms with Crippen molar-refractivity contribution in [3.8, 4) is 12.1 Å². The number of hydrogen-bond acceptors (Lipinski definition) is 5. The highest BCUT2D eigenvalue weighted by atomic mass is 35.5. The maximum Gasteiger partial charge on any atom is 0.257 e. The standard InChI is InChI=1S/C16H8ClF2N5O/c17-13-6-15(19)14(18)5-12(13)16(25)22-9-1-3-10(4-2-9)23-24-11(7-20)8-21/h1-6,23H,(H,22,25). The van der Waals surface area contributed by atoms with E-state index in [1.807, 2.05) is 0 Å². The minimum atomic E-state index is -1.18. The van der Waals surface area contributed by atoms with Crippen LogP contribution in [0.5, 0.6) is 0 Å². The van der Waals surface area contributed by atoms with Crippen LogP contribution >= 0.6 is 11.6 Å². The van der Waals surface area contributed by atoms with Crippen LogP contribution in [0.1, 0.15) is 10.4 Å². The van der Waals surface area contributed by atoms with E-state index in [4.69, 9.17) is 22.1 Å². The molecule has 1 amide bonds. The average Bonchev–Trinajstić information content (AvgIpc) is 2.60. The number of rotatable bonds is 4. The summed E-state index contributed by atoms with van der Waals surface area (Å²) in [7, 11) is 0. The molecule has 2 aromatic carbocycles. The highest BCUT2D eigenvalue weighted by Crippen LogP contribution is 2.22. The van der Waals surface area contributed by atoms with E-state index < -0.39 is 17.5 Å². The molecule has 0 saturated carbocycles. The van der Waals surface area contributed by atoms with Crippen LogP contribution in [0, 0.1) is 34.3 Å². The lowest BCUT2D eigenvalue weighted by Crippen LogP contribution is -2.13. The van der Waals surface area contributed by atoms with Gasteiger partial charge in [0.15, 0.2) is 11.6 Å². The van der Waals surface area contributed by atoms with E-state index in [2.05, 4.69) is 15.8 Å². The van der Waals surface area contributed by atoms with Crippen molar-refractivity contribution in [2.45, 2.75) is 0 Å². The Morgan fingerprint density at radius 1 is 1.04 bits per heavy atom. The summed E-state index contributed by atoms with van der Waals surface area (Å²) in [6.07, 6.45) is 0. The Kier molecular flexibility index (Phi) is 5.62. The van der Waals surface area contributed by atoms with E-state index in [9.17, 15) is 13.6 Å². The molecule has 0 fully saturated rings. The predicted octanol–water partition coefficient (Wildman–Crippen LogP) is 3.69. The Morgan fingerprint density at radius 3 is 2.20 bits per heavy atom. The molecule has 0 aliphatic rings. The lowest BCUT2D eigenvalue weighted by molar-refractivity contribution is 0.102. The second-order valence-corrected chi connectivity index (χ2v) is 4.98. The van der Waals surface area contributed by atoms with Crippen LogP contribution in [-0.4, -0.2) is 11.6 Å². The molecule has 0 spiro atoms. The third-order valence-corrected chi connectivity index (χ3v) is 3.22. The van der Waals surface area contributed by atoms with Crippen molar-refractivity contribution in [3.05, 3.63) is 58.6 Å². The van der Waals surface area contributed by atoms with Gasteiger partial charge in [-0.1, -0.05) is 11.6 Å². The highest BCUT2D eigenvalue weighted by Gasteiger charge is 2.15. The van der Waals surface area contributed by atoms with E-state index in [0.717, 1.165) is 6.07 Å². The molecule has 2 aromatic rings. The van der Waals surface area contributed by atoms with Crippen molar-refractivity contribution in [2.75, 3.05) is 10.7 Å². The monoisotopic (exact) mass is 359 g/mol. The third-order valence-electron chi connectivity index (χ3n) is 2.91. The predicted molar refractivity (Wildman–Crippen MR) is 88.0 cm³/mol. The van der Waals surface area contributed by atoms with E-state index in [1.165, 1.54) is 24.3 Å². The van der Waals surface area contributed by atoms with Gasteiger partial charge in [-0.3, -0.25) is 10.2 Å². The Bertz CT molecular complexity index is 913. The van der Waals surface area contributed by atoms with Crippen molar-refractivity contribution in [2.24, 2.45) is 5.10 Å². The van der Waals surface area contributed by atoms with Gasteiger partial charge in [0.25, 0.3) is 5.91 Å². The Hall–Kier alpha value is -3.49. The van der Waals surface area contributed by atoms with E-state index in [0.29, 0.717) is 17.4 Å². The third kappa shape index (κ3) is 4.50. The van der Waals surface area contributed by atoms with E-state index >= 15 is 0 Å². The van der Waals surface area contributed by atoms with Gasteiger partial charge >= 0.3 is 0 Å². The molecule has 0 aliphatic carbocycles. The lowest BCUT2D eigenvalue weighted by atomic mass is 10.2. The topological polar surface area (TPSA) is 101 Å². The van der Waals surface area contributed by atoms with Crippen LogP contribution in [0.25, 0.3) is 0 Å². The van der Waals surface area contributed by atoms with Crippen molar-refractivity contribution < 1.29 is 13.6 Å². The van der Waals surface area contributed by atoms with Crippen molar-refractivity contribution in [1.82, 2.24) is 0 Å². The number of amides is 1. The number of carbonyl (C=O) groups is 1. The molecule has 0 saturated heterocycles. The number of benzene rings is 2. The number of nitrogens with one attached hydrogen (secondary N) is 2. The smallest absolute Gasteiger partial charge is 0.257 e. The van der Waals surface area contributed by atoms with Gasteiger partial charge < -0.3 is 5.32 Å². The summed E-state index contributed by atoms with van der Waals surface area (Å²) in [6.45, 7) is 0. The fourth-order valence-electron chi connectivity index (χ4n) is 1.72. The minimum Gasteiger partial charge on any atom is -0.322 e. The largest absolute Gasteiger partial charge is 0.322 e. The number of hydrogen-bond donors (Lipinski definition) is 2. The molecule has 6 nitrogen and oxygen atoms in total. The molecule has 0 radical (unpaired) electrons. The molecule has 0 unspecified atom stereocenters. The number of nitriles is 2. The van der Waals surface area contributed by atoms with E-state index in [-0.39, 0.29) is 16.3 Å². The van der Waals surface area contributed by atoms with Gasteiger partial charge in [0.1, 0.15) is 12.1 Å². The maximum absolute atomic E-state index is 13.2. The molecule has 2 rings (SSSR count). The Balaban J connectivity index is 2.10. The number of nitrogens with zero attached hydrogens (tertiary/aromatic N) is 3. The fraction of sp³-hybridized carbons (Fsp3) is 0. The number of halogens is 3. The molecule has 0 bridgehead atoms. The summed E-state index contributed by atoms with van der Waals surface area (Å²) in [4.78, 5) is 12.1. The first-order chi connectivity index (χ1) is 11.9. The molecule has 0 aliphatic heterocycles. The highest BCUT2D eigenvalue weighted by molar-refractivity contribution is 6.34. The summed E-state index contributed by atoms with van der Waals surface area (Å²) in [5, 5.41) is 22.9. The van der Waals surface area contributed by atoms with Crippen LogP contribution in [0.4, 0.5) is 20.2 Å². The SMILES string of the molecule is N#CC(C#N)=NNc1ccc(NC(=O)c2cc(F)c(F)cc2Cl)cc1. The first-order valence-electron chi connectivity index (χ1n) is 6.64. The number of anilines is 2. The zero-order valence-electron chi connectivity index (χ0n) is 12.3. The first-order valence-corrected chi connectivity index (χ1v) is 7.02. The summed E-state index contributed by atoms with van der Waals surface area (Å²) in [5.41, 5.74) is 2.78. The van der Waals surface area contributed by atoms with Crippen LogP contribution in [0.3, 0.4) is 0 Å². The van der Waals surface area contributed by atoms with Gasteiger partial charge in [-0.25, -0.2) is 8.78 Å². The molecule has 0 heterocycles. The van der Waals surface area contributed by atoms with Crippen molar-refractivity contribution in [3.63, 3.8) is 0 Å². The lowest BCUT2D eigenvalue weighted by Gasteiger charge is -2.08. The summed E-state index contributed by atoms with van der Waals surface area (Å²) < 4.78 is 26.3. The summed E-state index contributed by atoms with van der Waals surface area (Å²) in [5.74, 6) is -3.04. The van der Waals surface area contributed by atoms with Crippen molar-refractivity contribution >= 4 is 34.6 Å². The minimum absolute atomic E-state index is 0.208. The molecule has 25 heavy (non-hydrogen) atoms. The molecule has 0 atom stereocenters. The molecule has 124 valence electrons. The molecule has 9 heteroatoms. The fourth-order valence-corrected chi connectivity index (χ4v) is 1.95. The Labute approximate surface area is 145 Å². The van der Waals surface area contributed by atoms with E-state index in [1.54, 1.807) is 12.1 Å². The molecule has 0 aromatic heterocycles. The van der Waals surface area contributed by atoms with Gasteiger partial charge in [-0.15, -0.1) is 0 Å². The van der Waals surface area contributed by atoms with Gasteiger partial charge in [-0.2, -0.15) is 15.6 Å². The van der Waals surface area contributed by atoms with Gasteiger partial charge in [0.05, 0.1) is 16.3 Å². The second kappa shape index (κ2) is 7.86. The average molecular weight is 360 g/mol. The summed E-state index contributed by atoms with van der Waals surface area (Å²) in [6, 6.07) is 10.7. The zero-order chi connectivity index (χ0) is 18.4. The number of carbonyl (C=O) groups excluding carboxylic acids is 1. The molecular formula is C16H8ClF2N5O. The van der Waals surface area contributed by atoms with Gasteiger partial charge in [-0.05, 0) is 36.4 Å². The number of hydrazone groups is 1. The van der Waals surface area contributed by atoms with Crippen LogP contribution < -0.4 is 10.7 Å². The Morgan fingerprint density at radius 2 is 1.60 bits per heavy atom. The first kappa shape index (κ1) is 17.9. The zero-order valence-corrected chi connectivity index (χ0v) is 13.1. The quantitative estimate of drug-likeness (QED) is 0.494. The van der Waals surface area contributed by atoms with Crippen LogP contribution in [0.2, 0.25) is 5.02 Å². The van der Waals surface area contributed by atoms with Crippen molar-refractivity contribution in [1.29, 1.82) is 10.5 Å². The summed E-state index contributed by atoms with van der Waals surface area (Å²) >= 11 is 5.74. The maximum atomic E-state index is 13.2.